The topological polar surface area (TPSA) is 0 Å². The third-order valence-corrected chi connectivity index (χ3v) is 5.50. The van der Waals surface area contributed by atoms with E-state index in [-0.39, 0.29) is 0 Å². The van der Waals surface area contributed by atoms with E-state index in [1.54, 1.807) is 6.07 Å². The molecule has 0 bridgehead atoms. The van der Waals surface area contributed by atoms with Gasteiger partial charge in [-0.3, -0.25) is 0 Å². The van der Waals surface area contributed by atoms with E-state index in [1.807, 2.05) is 0 Å². The van der Waals surface area contributed by atoms with E-state index in [1.165, 1.54) is 44.6 Å². The summed E-state index contributed by atoms with van der Waals surface area (Å²) in [5, 5.41) is 0. The van der Waals surface area contributed by atoms with Crippen molar-refractivity contribution in [2.45, 2.75) is 58.3 Å². The Morgan fingerprint density at radius 3 is 2.45 bits per heavy atom. The lowest BCUT2D eigenvalue weighted by Crippen LogP contribution is -2.22. The first-order valence-corrected chi connectivity index (χ1v) is 8.14. The van der Waals surface area contributed by atoms with Crippen molar-refractivity contribution in [2.75, 3.05) is 0 Å². The highest BCUT2D eigenvalue weighted by molar-refractivity contribution is 5.34. The van der Waals surface area contributed by atoms with Gasteiger partial charge in [-0.1, -0.05) is 38.7 Å². The van der Waals surface area contributed by atoms with Gasteiger partial charge in [0, 0.05) is 0 Å². The van der Waals surface area contributed by atoms with Crippen LogP contribution in [0.4, 0.5) is 8.78 Å². The van der Waals surface area contributed by atoms with Crippen molar-refractivity contribution < 1.29 is 8.78 Å². The SMILES string of the molecule is CCCC1CCC(C2Cc3ccc(F)c(F)c3C2)CC1. The highest BCUT2D eigenvalue weighted by atomic mass is 19.2. The second-order valence-corrected chi connectivity index (χ2v) is 6.74. The molecule has 2 heteroatoms. The van der Waals surface area contributed by atoms with Crippen LogP contribution >= 0.6 is 0 Å². The van der Waals surface area contributed by atoms with Gasteiger partial charge in [0.15, 0.2) is 11.6 Å². The first-order valence-electron chi connectivity index (χ1n) is 8.14. The summed E-state index contributed by atoms with van der Waals surface area (Å²) in [5.41, 5.74) is 1.70. The Hall–Kier alpha value is -0.920. The summed E-state index contributed by atoms with van der Waals surface area (Å²) in [6, 6.07) is 3.07. The summed E-state index contributed by atoms with van der Waals surface area (Å²) >= 11 is 0. The molecule has 1 aromatic rings. The molecule has 110 valence electrons. The van der Waals surface area contributed by atoms with E-state index in [4.69, 9.17) is 0 Å². The lowest BCUT2D eigenvalue weighted by Gasteiger charge is -2.32. The molecule has 2 aliphatic carbocycles. The molecule has 3 rings (SSSR count). The fraction of sp³-hybridized carbons (Fsp3) is 0.667. The van der Waals surface area contributed by atoms with E-state index in [9.17, 15) is 8.78 Å². The molecule has 0 amide bonds. The Morgan fingerprint density at radius 1 is 1.00 bits per heavy atom. The Balaban J connectivity index is 1.63. The predicted molar refractivity (Wildman–Crippen MR) is 77.6 cm³/mol. The average Bonchev–Trinajstić information content (AvgIpc) is 2.89. The Bertz CT molecular complexity index is 473. The van der Waals surface area contributed by atoms with Crippen LogP contribution in [0.1, 0.15) is 56.6 Å². The number of halogens is 2. The van der Waals surface area contributed by atoms with Gasteiger partial charge in [0.05, 0.1) is 0 Å². The minimum absolute atomic E-state index is 0.545. The minimum atomic E-state index is -0.684. The maximum atomic E-state index is 13.8. The van der Waals surface area contributed by atoms with Gasteiger partial charge in [0.25, 0.3) is 0 Å². The lowest BCUT2D eigenvalue weighted by atomic mass is 9.74. The molecule has 0 aliphatic heterocycles. The number of hydrogen-bond donors (Lipinski definition) is 0. The highest BCUT2D eigenvalue weighted by Crippen LogP contribution is 2.41. The first kappa shape index (κ1) is 14.0. The van der Waals surface area contributed by atoms with Gasteiger partial charge in [-0.25, -0.2) is 8.78 Å². The van der Waals surface area contributed by atoms with Crippen molar-refractivity contribution in [3.63, 3.8) is 0 Å². The van der Waals surface area contributed by atoms with Crippen LogP contribution in [0.2, 0.25) is 0 Å². The molecule has 0 aromatic heterocycles. The summed E-state index contributed by atoms with van der Waals surface area (Å²) in [6.45, 7) is 2.26. The monoisotopic (exact) mass is 278 g/mol. The van der Waals surface area contributed by atoms with Gasteiger partial charge >= 0.3 is 0 Å². The van der Waals surface area contributed by atoms with Crippen LogP contribution in [0.25, 0.3) is 0 Å². The zero-order chi connectivity index (χ0) is 14.1. The van der Waals surface area contributed by atoms with Gasteiger partial charge in [0.1, 0.15) is 0 Å². The molecule has 1 saturated carbocycles. The van der Waals surface area contributed by atoms with E-state index in [2.05, 4.69) is 6.92 Å². The molecule has 1 unspecified atom stereocenters. The number of rotatable bonds is 3. The van der Waals surface area contributed by atoms with Gasteiger partial charge in [0.2, 0.25) is 0 Å². The summed E-state index contributed by atoms with van der Waals surface area (Å²) in [4.78, 5) is 0. The summed E-state index contributed by atoms with van der Waals surface area (Å²) < 4.78 is 27.1. The van der Waals surface area contributed by atoms with E-state index in [0.29, 0.717) is 11.5 Å². The molecule has 0 N–H and O–H groups in total. The standard InChI is InChI=1S/C18H24F2/c1-2-3-12-4-6-13(7-5-12)15-10-14-8-9-17(19)18(20)16(14)11-15/h8-9,12-13,15H,2-7,10-11H2,1H3. The third kappa shape index (κ3) is 2.62. The quantitative estimate of drug-likeness (QED) is 0.705. The van der Waals surface area contributed by atoms with Crippen molar-refractivity contribution in [1.29, 1.82) is 0 Å². The van der Waals surface area contributed by atoms with Crippen molar-refractivity contribution in [3.05, 3.63) is 34.9 Å². The van der Waals surface area contributed by atoms with Crippen LogP contribution in [-0.4, -0.2) is 0 Å². The second-order valence-electron chi connectivity index (χ2n) is 6.74. The molecule has 20 heavy (non-hydrogen) atoms. The Kier molecular flexibility index (Phi) is 4.09. The van der Waals surface area contributed by atoms with Crippen LogP contribution in [0.15, 0.2) is 12.1 Å². The molecule has 0 saturated heterocycles. The van der Waals surface area contributed by atoms with E-state index >= 15 is 0 Å². The van der Waals surface area contributed by atoms with Crippen LogP contribution < -0.4 is 0 Å². The lowest BCUT2D eigenvalue weighted by molar-refractivity contribution is 0.201. The number of hydrogen-bond acceptors (Lipinski definition) is 0. The van der Waals surface area contributed by atoms with Crippen LogP contribution in [-0.2, 0) is 12.8 Å². The minimum Gasteiger partial charge on any atom is -0.204 e. The van der Waals surface area contributed by atoms with Crippen molar-refractivity contribution in [1.82, 2.24) is 0 Å². The zero-order valence-corrected chi connectivity index (χ0v) is 12.3. The summed E-state index contributed by atoms with van der Waals surface area (Å²) in [6.07, 6.45) is 9.59. The third-order valence-electron chi connectivity index (χ3n) is 5.50. The molecule has 0 nitrogen and oxygen atoms in total. The fourth-order valence-electron chi connectivity index (χ4n) is 4.35. The maximum Gasteiger partial charge on any atom is 0.162 e. The van der Waals surface area contributed by atoms with E-state index < -0.39 is 11.6 Å². The normalized spacial score (nSPS) is 29.4. The number of benzene rings is 1. The van der Waals surface area contributed by atoms with Crippen molar-refractivity contribution in [3.8, 4) is 0 Å². The maximum absolute atomic E-state index is 13.8. The zero-order valence-electron chi connectivity index (χ0n) is 12.3. The molecule has 0 heterocycles. The molecule has 2 aliphatic rings. The predicted octanol–water partition coefficient (Wildman–Crippen LogP) is 5.29. The largest absolute Gasteiger partial charge is 0.204 e. The van der Waals surface area contributed by atoms with Crippen molar-refractivity contribution >= 4 is 0 Å². The molecule has 0 spiro atoms. The second kappa shape index (κ2) is 5.83. The van der Waals surface area contributed by atoms with Crippen LogP contribution in [0.3, 0.4) is 0 Å². The van der Waals surface area contributed by atoms with Gasteiger partial charge in [-0.15, -0.1) is 0 Å². The Labute approximate surface area is 120 Å². The molecule has 0 radical (unpaired) electrons. The fourth-order valence-corrected chi connectivity index (χ4v) is 4.35. The Morgan fingerprint density at radius 2 is 1.75 bits per heavy atom. The molecule has 1 aromatic carbocycles. The molecule has 1 atom stereocenters. The van der Waals surface area contributed by atoms with Gasteiger partial charge in [-0.05, 0) is 60.6 Å². The van der Waals surface area contributed by atoms with E-state index in [0.717, 1.165) is 30.2 Å². The molecular weight excluding hydrogens is 254 g/mol. The van der Waals surface area contributed by atoms with Crippen LogP contribution in [0, 0.1) is 29.4 Å². The highest BCUT2D eigenvalue weighted by Gasteiger charge is 2.33. The number of fused-ring (bicyclic) bond motifs is 1. The average molecular weight is 278 g/mol. The van der Waals surface area contributed by atoms with Gasteiger partial charge in [-0.2, -0.15) is 0 Å². The first-order chi connectivity index (χ1) is 9.69. The smallest absolute Gasteiger partial charge is 0.162 e. The van der Waals surface area contributed by atoms with Crippen LogP contribution in [0.5, 0.6) is 0 Å². The van der Waals surface area contributed by atoms with Gasteiger partial charge < -0.3 is 0 Å². The molecular formula is C18H24F2. The summed E-state index contributed by atoms with van der Waals surface area (Å²) in [7, 11) is 0. The molecule has 1 fully saturated rings. The summed E-state index contributed by atoms with van der Waals surface area (Å²) in [5.74, 6) is 0.900. The van der Waals surface area contributed by atoms with Crippen molar-refractivity contribution in [2.24, 2.45) is 17.8 Å².